The van der Waals surface area contributed by atoms with Gasteiger partial charge in [-0.3, -0.25) is 9.69 Å². The van der Waals surface area contributed by atoms with Crippen molar-refractivity contribution < 1.29 is 4.79 Å². The molecule has 0 unspecified atom stereocenters. The molecule has 2 heterocycles. The first kappa shape index (κ1) is 22.0. The number of amides is 1. The third-order valence-corrected chi connectivity index (χ3v) is 7.13. The summed E-state index contributed by atoms with van der Waals surface area (Å²) in [5.74, 6) is 0.121. The monoisotopic (exact) mass is 459 g/mol. The highest BCUT2D eigenvalue weighted by molar-refractivity contribution is 6.30. The van der Waals surface area contributed by atoms with E-state index in [1.807, 2.05) is 29.2 Å². The molecule has 170 valence electrons. The molecule has 0 N–H and O–H groups in total. The summed E-state index contributed by atoms with van der Waals surface area (Å²) in [5, 5.41) is 0.753. The van der Waals surface area contributed by atoms with E-state index in [4.69, 9.17) is 11.6 Å². The third-order valence-electron chi connectivity index (χ3n) is 6.90. The van der Waals surface area contributed by atoms with Gasteiger partial charge in [-0.15, -0.1) is 0 Å². The van der Waals surface area contributed by atoms with Crippen molar-refractivity contribution in [1.82, 2.24) is 9.80 Å². The van der Waals surface area contributed by atoms with Crippen molar-refractivity contribution in [3.8, 4) is 0 Å². The van der Waals surface area contributed by atoms with E-state index in [0.29, 0.717) is 0 Å². The molecule has 0 radical (unpaired) electrons. The van der Waals surface area contributed by atoms with Crippen LogP contribution in [0.5, 0.6) is 0 Å². The SMILES string of the molecule is Cc1ccc(Cl)cc1N1CCN(C(=O)c2ccc(CN3CCc4ccccc4C3)cc2)CC1. The van der Waals surface area contributed by atoms with Crippen LogP contribution in [0.4, 0.5) is 5.69 Å². The van der Waals surface area contributed by atoms with Gasteiger partial charge in [0.15, 0.2) is 0 Å². The van der Waals surface area contributed by atoms with Gasteiger partial charge in [0.05, 0.1) is 0 Å². The predicted octanol–water partition coefficient (Wildman–Crippen LogP) is 5.17. The molecule has 0 aliphatic carbocycles. The Hall–Kier alpha value is -2.82. The number of halogens is 1. The zero-order valence-electron chi connectivity index (χ0n) is 19.1. The van der Waals surface area contributed by atoms with Crippen molar-refractivity contribution in [2.45, 2.75) is 26.4 Å². The second-order valence-corrected chi connectivity index (χ2v) is 9.57. The normalized spacial score (nSPS) is 16.5. The molecule has 5 heteroatoms. The second-order valence-electron chi connectivity index (χ2n) is 9.14. The molecule has 3 aromatic rings. The molecule has 0 spiro atoms. The summed E-state index contributed by atoms with van der Waals surface area (Å²) < 4.78 is 0. The molecule has 1 fully saturated rings. The molecular weight excluding hydrogens is 430 g/mol. The van der Waals surface area contributed by atoms with E-state index < -0.39 is 0 Å². The first-order valence-corrected chi connectivity index (χ1v) is 12.1. The van der Waals surface area contributed by atoms with Gasteiger partial charge in [-0.25, -0.2) is 0 Å². The van der Waals surface area contributed by atoms with Gasteiger partial charge >= 0.3 is 0 Å². The minimum atomic E-state index is 0.121. The van der Waals surface area contributed by atoms with Crippen LogP contribution >= 0.6 is 11.6 Å². The van der Waals surface area contributed by atoms with Crippen LogP contribution in [-0.2, 0) is 19.5 Å². The standard InChI is InChI=1S/C28H30ClN3O/c1-21-6-11-26(29)18-27(21)31-14-16-32(17-15-31)28(33)24-9-7-22(8-10-24)19-30-13-12-23-4-2-3-5-25(23)20-30/h2-11,18H,12-17,19-20H2,1H3. The van der Waals surface area contributed by atoms with Crippen LogP contribution < -0.4 is 4.90 Å². The minimum Gasteiger partial charge on any atom is -0.368 e. The Morgan fingerprint density at radius 1 is 0.879 bits per heavy atom. The van der Waals surface area contributed by atoms with Gasteiger partial charge in [0.25, 0.3) is 5.91 Å². The number of carbonyl (C=O) groups excluding carboxylic acids is 1. The molecule has 1 saturated heterocycles. The van der Waals surface area contributed by atoms with Gasteiger partial charge in [0, 0.05) is 62.1 Å². The quantitative estimate of drug-likeness (QED) is 0.538. The van der Waals surface area contributed by atoms with Crippen LogP contribution in [0, 0.1) is 6.92 Å². The maximum Gasteiger partial charge on any atom is 0.253 e. The average Bonchev–Trinajstić information content (AvgIpc) is 2.86. The number of piperazine rings is 1. The molecule has 4 nitrogen and oxygen atoms in total. The minimum absolute atomic E-state index is 0.121. The fourth-order valence-electron chi connectivity index (χ4n) is 4.96. The zero-order valence-corrected chi connectivity index (χ0v) is 19.9. The van der Waals surface area contributed by atoms with Crippen molar-refractivity contribution >= 4 is 23.2 Å². The Bertz CT molecular complexity index is 1140. The number of anilines is 1. The molecule has 33 heavy (non-hydrogen) atoms. The fourth-order valence-corrected chi connectivity index (χ4v) is 5.12. The molecule has 3 aromatic carbocycles. The van der Waals surface area contributed by atoms with Crippen LogP contribution in [0.3, 0.4) is 0 Å². The van der Waals surface area contributed by atoms with E-state index >= 15 is 0 Å². The summed E-state index contributed by atoms with van der Waals surface area (Å²) >= 11 is 6.20. The highest BCUT2D eigenvalue weighted by Crippen LogP contribution is 2.26. The first-order valence-electron chi connectivity index (χ1n) is 11.8. The van der Waals surface area contributed by atoms with Gasteiger partial charge in [-0.2, -0.15) is 0 Å². The smallest absolute Gasteiger partial charge is 0.253 e. The Kier molecular flexibility index (Phi) is 6.39. The number of rotatable bonds is 4. The number of fused-ring (bicyclic) bond motifs is 1. The summed E-state index contributed by atoms with van der Waals surface area (Å²) in [6.45, 7) is 8.18. The topological polar surface area (TPSA) is 26.8 Å². The van der Waals surface area contributed by atoms with Gasteiger partial charge in [0.1, 0.15) is 0 Å². The van der Waals surface area contributed by atoms with E-state index in [1.165, 1.54) is 27.9 Å². The van der Waals surface area contributed by atoms with E-state index in [-0.39, 0.29) is 5.91 Å². The maximum absolute atomic E-state index is 13.1. The number of benzene rings is 3. The van der Waals surface area contributed by atoms with E-state index in [1.54, 1.807) is 0 Å². The maximum atomic E-state index is 13.1. The number of nitrogens with zero attached hydrogens (tertiary/aromatic N) is 3. The summed E-state index contributed by atoms with van der Waals surface area (Å²) in [4.78, 5) is 19.9. The van der Waals surface area contributed by atoms with E-state index in [9.17, 15) is 4.79 Å². The fraction of sp³-hybridized carbons (Fsp3) is 0.321. The molecule has 0 atom stereocenters. The third kappa shape index (κ3) is 4.92. The molecule has 5 rings (SSSR count). The molecule has 0 aromatic heterocycles. The van der Waals surface area contributed by atoms with Gasteiger partial charge in [0.2, 0.25) is 0 Å². The highest BCUT2D eigenvalue weighted by atomic mass is 35.5. The van der Waals surface area contributed by atoms with Crippen LogP contribution in [-0.4, -0.2) is 48.4 Å². The average molecular weight is 460 g/mol. The first-order chi connectivity index (χ1) is 16.1. The second kappa shape index (κ2) is 9.58. The van der Waals surface area contributed by atoms with Gasteiger partial charge in [-0.05, 0) is 59.9 Å². The lowest BCUT2D eigenvalue weighted by Crippen LogP contribution is -2.49. The van der Waals surface area contributed by atoms with E-state index in [2.05, 4.69) is 59.2 Å². The lowest BCUT2D eigenvalue weighted by Gasteiger charge is -2.37. The van der Waals surface area contributed by atoms with Crippen molar-refractivity contribution in [1.29, 1.82) is 0 Å². The van der Waals surface area contributed by atoms with Crippen LogP contribution in [0.2, 0.25) is 5.02 Å². The molecule has 0 bridgehead atoms. The Balaban J connectivity index is 1.17. The number of aryl methyl sites for hydroxylation is 1. The van der Waals surface area contributed by atoms with Crippen LogP contribution in [0.1, 0.15) is 32.6 Å². The molecular formula is C28H30ClN3O. The lowest BCUT2D eigenvalue weighted by molar-refractivity contribution is 0.0746. The summed E-state index contributed by atoms with van der Waals surface area (Å²) in [7, 11) is 0. The molecule has 2 aliphatic rings. The molecule has 2 aliphatic heterocycles. The summed E-state index contributed by atoms with van der Waals surface area (Å²) in [6.07, 6.45) is 1.10. The number of carbonyl (C=O) groups is 1. The Morgan fingerprint density at radius 2 is 1.61 bits per heavy atom. The number of hydrogen-bond acceptors (Lipinski definition) is 3. The van der Waals surface area contributed by atoms with Crippen LogP contribution in [0.25, 0.3) is 0 Å². The van der Waals surface area contributed by atoms with Crippen molar-refractivity contribution in [3.63, 3.8) is 0 Å². The summed E-state index contributed by atoms with van der Waals surface area (Å²) in [5.41, 5.74) is 7.32. The lowest BCUT2D eigenvalue weighted by atomic mass is 9.99. The van der Waals surface area contributed by atoms with Gasteiger partial charge in [-0.1, -0.05) is 54.1 Å². The predicted molar refractivity (Wildman–Crippen MR) is 135 cm³/mol. The van der Waals surface area contributed by atoms with Crippen LogP contribution in [0.15, 0.2) is 66.7 Å². The summed E-state index contributed by atoms with van der Waals surface area (Å²) in [6, 6.07) is 22.9. The van der Waals surface area contributed by atoms with Crippen molar-refractivity contribution in [2.75, 3.05) is 37.6 Å². The highest BCUT2D eigenvalue weighted by Gasteiger charge is 2.23. The van der Waals surface area contributed by atoms with Crippen molar-refractivity contribution in [2.24, 2.45) is 0 Å². The van der Waals surface area contributed by atoms with Gasteiger partial charge < -0.3 is 9.80 Å². The molecule has 1 amide bonds. The van der Waals surface area contributed by atoms with E-state index in [0.717, 1.165) is 62.8 Å². The number of hydrogen-bond donors (Lipinski definition) is 0. The Labute approximate surface area is 201 Å². The Morgan fingerprint density at radius 3 is 2.36 bits per heavy atom. The zero-order chi connectivity index (χ0) is 22.8. The van der Waals surface area contributed by atoms with Crippen molar-refractivity contribution in [3.05, 3.63) is 99.6 Å². The largest absolute Gasteiger partial charge is 0.368 e. The molecule has 0 saturated carbocycles.